The van der Waals surface area contributed by atoms with Crippen molar-refractivity contribution in [3.8, 4) is 0 Å². The van der Waals surface area contributed by atoms with Gasteiger partial charge >= 0.3 is 39.5 Å². The van der Waals surface area contributed by atoms with Gasteiger partial charge in [0.15, 0.2) is 12.2 Å². The smallest absolute Gasteiger partial charge is 0.462 e. The lowest BCUT2D eigenvalue weighted by Gasteiger charge is -2.21. The predicted octanol–water partition coefficient (Wildman–Crippen LogP) is 26.2. The highest BCUT2D eigenvalue weighted by Gasteiger charge is 2.30. The van der Waals surface area contributed by atoms with Crippen molar-refractivity contribution >= 4 is 39.5 Å². The standard InChI is InChI=1S/C86H168O17P2/c1-7-9-11-13-15-17-19-21-23-25-27-29-31-33-35-37-39-43-50-56-62-68-83(88)96-74-81(102-85(90)70-64-58-52-44-40-38-36-34-32-30-28-26-24-22-20-18-16-14-12-10-8-2)76-100-104(92,93)98-72-80(87)73-99-105(94,95)101-77-82(75-97-84(89)69-63-57-51-47-46-49-55-61-67-79(5)6)103-86(91)71-65-59-53-45-41-42-48-54-60-66-78(3)4/h78-82,87H,7-77H2,1-6H3,(H,92,93)(H,94,95)/t80-,81-,82-/m1/s1. The molecule has 0 aromatic heterocycles. The van der Waals surface area contributed by atoms with E-state index in [1.807, 2.05) is 0 Å². The minimum atomic E-state index is -4.97. The normalized spacial score (nSPS) is 13.8. The van der Waals surface area contributed by atoms with E-state index in [1.54, 1.807) is 0 Å². The molecule has 0 aliphatic heterocycles. The van der Waals surface area contributed by atoms with E-state index in [0.29, 0.717) is 25.7 Å². The minimum Gasteiger partial charge on any atom is -0.462 e. The highest BCUT2D eigenvalue weighted by Crippen LogP contribution is 2.45. The Balaban J connectivity index is 5.20. The van der Waals surface area contributed by atoms with Crippen LogP contribution in [0.25, 0.3) is 0 Å². The average molecular weight is 1540 g/mol. The van der Waals surface area contributed by atoms with E-state index in [0.717, 1.165) is 102 Å². The third-order valence-corrected chi connectivity index (χ3v) is 22.1. The maximum Gasteiger partial charge on any atom is 0.472 e. The van der Waals surface area contributed by atoms with Crippen molar-refractivity contribution in [1.29, 1.82) is 0 Å². The van der Waals surface area contributed by atoms with Crippen molar-refractivity contribution in [2.75, 3.05) is 39.6 Å². The summed E-state index contributed by atoms with van der Waals surface area (Å²) in [5.41, 5.74) is 0. The molecule has 0 fully saturated rings. The van der Waals surface area contributed by atoms with Gasteiger partial charge in [-0.05, 0) is 37.5 Å². The van der Waals surface area contributed by atoms with E-state index in [4.69, 9.17) is 37.0 Å². The Bertz CT molecular complexity index is 2010. The quantitative estimate of drug-likeness (QED) is 0.0222. The van der Waals surface area contributed by atoms with Gasteiger partial charge in [0.05, 0.1) is 26.4 Å². The molecule has 0 aromatic rings. The Labute approximate surface area is 645 Å². The molecule has 0 bridgehead atoms. The van der Waals surface area contributed by atoms with Crippen molar-refractivity contribution in [3.63, 3.8) is 0 Å². The summed E-state index contributed by atoms with van der Waals surface area (Å²) < 4.78 is 68.8. The van der Waals surface area contributed by atoms with Crippen LogP contribution in [-0.4, -0.2) is 96.7 Å². The molecule has 0 heterocycles. The van der Waals surface area contributed by atoms with Gasteiger partial charge in [-0.25, -0.2) is 9.13 Å². The van der Waals surface area contributed by atoms with Crippen molar-refractivity contribution in [2.45, 2.75) is 477 Å². The lowest BCUT2D eigenvalue weighted by atomic mass is 10.0. The molecular formula is C86H168O17P2. The Hall–Kier alpha value is -1.94. The molecular weight excluding hydrogens is 1370 g/mol. The number of aliphatic hydroxyl groups is 1. The lowest BCUT2D eigenvalue weighted by molar-refractivity contribution is -0.161. The topological polar surface area (TPSA) is 237 Å². The van der Waals surface area contributed by atoms with Gasteiger partial charge in [0, 0.05) is 25.7 Å². The summed E-state index contributed by atoms with van der Waals surface area (Å²) in [6.45, 7) is 9.60. The second kappa shape index (κ2) is 77.4. The molecule has 105 heavy (non-hydrogen) atoms. The van der Waals surface area contributed by atoms with E-state index in [-0.39, 0.29) is 25.7 Å². The van der Waals surface area contributed by atoms with Gasteiger partial charge in [0.2, 0.25) is 0 Å². The molecule has 0 saturated carbocycles. The van der Waals surface area contributed by atoms with Crippen molar-refractivity contribution in [2.24, 2.45) is 11.8 Å². The first kappa shape index (κ1) is 103. The summed E-state index contributed by atoms with van der Waals surface area (Å²) in [6, 6.07) is 0. The maximum atomic E-state index is 13.1. The molecule has 17 nitrogen and oxygen atoms in total. The zero-order valence-corrected chi connectivity index (χ0v) is 70.8. The van der Waals surface area contributed by atoms with Crippen LogP contribution in [0.1, 0.15) is 459 Å². The fraction of sp³-hybridized carbons (Fsp3) is 0.953. The van der Waals surface area contributed by atoms with Crippen molar-refractivity contribution < 1.29 is 80.2 Å². The molecule has 2 unspecified atom stereocenters. The van der Waals surface area contributed by atoms with E-state index >= 15 is 0 Å². The molecule has 0 aromatic carbocycles. The number of carbonyl (C=O) groups excluding carboxylic acids is 4. The number of unbranched alkanes of at least 4 members (excludes halogenated alkanes) is 55. The Morgan fingerprint density at radius 1 is 0.257 bits per heavy atom. The number of rotatable bonds is 85. The first-order chi connectivity index (χ1) is 50.9. The van der Waals surface area contributed by atoms with Crippen molar-refractivity contribution in [1.82, 2.24) is 0 Å². The molecule has 0 amide bonds. The predicted molar refractivity (Wildman–Crippen MR) is 432 cm³/mol. The van der Waals surface area contributed by atoms with Gasteiger partial charge in [-0.3, -0.25) is 37.3 Å². The monoisotopic (exact) mass is 1540 g/mol. The zero-order chi connectivity index (χ0) is 77.1. The number of carbonyl (C=O) groups is 4. The number of hydrogen-bond donors (Lipinski definition) is 3. The first-order valence-corrected chi connectivity index (χ1v) is 47.5. The molecule has 19 heteroatoms. The fourth-order valence-corrected chi connectivity index (χ4v) is 15.0. The largest absolute Gasteiger partial charge is 0.472 e. The third-order valence-electron chi connectivity index (χ3n) is 20.2. The van der Waals surface area contributed by atoms with Crippen LogP contribution in [0, 0.1) is 11.8 Å². The molecule has 0 saturated heterocycles. The van der Waals surface area contributed by atoms with E-state index in [2.05, 4.69) is 41.5 Å². The number of phosphoric ester groups is 2. The van der Waals surface area contributed by atoms with Gasteiger partial charge in [-0.15, -0.1) is 0 Å². The van der Waals surface area contributed by atoms with E-state index < -0.39 is 97.5 Å². The minimum absolute atomic E-state index is 0.105. The van der Waals surface area contributed by atoms with Crippen LogP contribution >= 0.6 is 15.6 Å². The van der Waals surface area contributed by atoms with Crippen LogP contribution in [0.3, 0.4) is 0 Å². The van der Waals surface area contributed by atoms with Gasteiger partial charge in [0.1, 0.15) is 19.3 Å². The molecule has 0 aliphatic carbocycles. The molecule has 624 valence electrons. The van der Waals surface area contributed by atoms with Crippen LogP contribution in [0.5, 0.6) is 0 Å². The molecule has 0 rings (SSSR count). The summed E-state index contributed by atoms with van der Waals surface area (Å²) in [6.07, 6.45) is 69.7. The van der Waals surface area contributed by atoms with Gasteiger partial charge < -0.3 is 33.8 Å². The van der Waals surface area contributed by atoms with Gasteiger partial charge in [0.25, 0.3) is 0 Å². The average Bonchev–Trinajstić information content (AvgIpc) is 0.908. The summed E-state index contributed by atoms with van der Waals surface area (Å²) in [4.78, 5) is 73.2. The lowest BCUT2D eigenvalue weighted by Crippen LogP contribution is -2.30. The Kier molecular flexibility index (Phi) is 76.0. The number of esters is 4. The van der Waals surface area contributed by atoms with Gasteiger partial charge in [-0.2, -0.15) is 0 Å². The molecule has 0 radical (unpaired) electrons. The second-order valence-corrected chi connectivity index (χ2v) is 34.8. The number of hydrogen-bond acceptors (Lipinski definition) is 15. The molecule has 3 N–H and O–H groups in total. The third kappa shape index (κ3) is 79.9. The highest BCUT2D eigenvalue weighted by molar-refractivity contribution is 7.47. The van der Waals surface area contributed by atoms with Crippen LogP contribution in [0.15, 0.2) is 0 Å². The molecule has 0 aliphatic rings. The first-order valence-electron chi connectivity index (χ1n) is 44.5. The maximum absolute atomic E-state index is 13.1. The molecule has 5 atom stereocenters. The van der Waals surface area contributed by atoms with E-state index in [1.165, 1.54) is 276 Å². The number of ether oxygens (including phenoxy) is 4. The Morgan fingerprint density at radius 2 is 0.438 bits per heavy atom. The fourth-order valence-electron chi connectivity index (χ4n) is 13.4. The van der Waals surface area contributed by atoms with Crippen molar-refractivity contribution in [3.05, 3.63) is 0 Å². The summed E-state index contributed by atoms with van der Waals surface area (Å²) in [5.74, 6) is -0.644. The van der Waals surface area contributed by atoms with Gasteiger partial charge in [-0.1, -0.05) is 408 Å². The SMILES string of the molecule is CCCCCCCCCCCCCCCCCCCCCCCC(=O)OC[C@H](COP(=O)(O)OC[C@@H](O)COP(=O)(O)OC[C@@H](COC(=O)CCCCCCCCCCC(C)C)OC(=O)CCCCCCCCCCCC(C)C)OC(=O)CCCCCCCCCCCCCCCCCCCCCCC. The van der Waals surface area contributed by atoms with Crippen LogP contribution < -0.4 is 0 Å². The Morgan fingerprint density at radius 3 is 0.648 bits per heavy atom. The number of aliphatic hydroxyl groups excluding tert-OH is 1. The van der Waals surface area contributed by atoms with Crippen LogP contribution in [-0.2, 0) is 65.4 Å². The molecule has 0 spiro atoms. The summed E-state index contributed by atoms with van der Waals surface area (Å²) in [7, 11) is -9.93. The zero-order valence-electron chi connectivity index (χ0n) is 69.0. The summed E-state index contributed by atoms with van der Waals surface area (Å²) >= 11 is 0. The van der Waals surface area contributed by atoms with Crippen LogP contribution in [0.2, 0.25) is 0 Å². The summed E-state index contributed by atoms with van der Waals surface area (Å²) in [5, 5.41) is 10.7. The van der Waals surface area contributed by atoms with Crippen LogP contribution in [0.4, 0.5) is 0 Å². The van der Waals surface area contributed by atoms with E-state index in [9.17, 15) is 43.2 Å². The second-order valence-electron chi connectivity index (χ2n) is 31.9. The highest BCUT2D eigenvalue weighted by atomic mass is 31.2. The number of phosphoric acid groups is 2.